The van der Waals surface area contributed by atoms with Crippen LogP contribution < -0.4 is 20.1 Å². The molecule has 0 spiro atoms. The van der Waals surface area contributed by atoms with E-state index in [0.717, 1.165) is 26.6 Å². The van der Waals surface area contributed by atoms with Crippen molar-refractivity contribution in [1.29, 1.82) is 0 Å². The van der Waals surface area contributed by atoms with E-state index in [9.17, 15) is 45.8 Å². The van der Waals surface area contributed by atoms with Gasteiger partial charge in [0, 0.05) is 26.2 Å². The number of carbonyl (C=O) groups is 2. The van der Waals surface area contributed by atoms with Gasteiger partial charge in [-0.1, -0.05) is 149 Å². The summed E-state index contributed by atoms with van der Waals surface area (Å²) in [5.41, 5.74) is 3.28. The maximum atomic E-state index is 14.2. The molecule has 4 heterocycles. The number of alkyl carbamates (subject to hydrolysis) is 2. The molecule has 2 amide bonds. The number of benzene rings is 6. The zero-order chi connectivity index (χ0) is 71.5. The molecule has 4 aliphatic rings. The average molecular weight is 1470 g/mol. The van der Waals surface area contributed by atoms with Crippen LogP contribution in [0.2, 0.25) is 0 Å². The van der Waals surface area contributed by atoms with E-state index in [0.29, 0.717) is 26.1 Å². The van der Waals surface area contributed by atoms with Gasteiger partial charge >= 0.3 is 27.4 Å². The number of rotatable bonds is 34. The highest BCUT2D eigenvalue weighted by atomic mass is 32.2. The Hall–Kier alpha value is -6.66. The molecule has 0 radical (unpaired) electrons. The lowest BCUT2D eigenvalue weighted by molar-refractivity contribution is -0.0909. The summed E-state index contributed by atoms with van der Waals surface area (Å²) in [6.45, 7) is 8.55. The van der Waals surface area contributed by atoms with Crippen molar-refractivity contribution in [2.24, 2.45) is 23.7 Å². The highest BCUT2D eigenvalue weighted by Gasteiger charge is 2.46. The van der Waals surface area contributed by atoms with Gasteiger partial charge in [-0.2, -0.15) is 8.61 Å². The van der Waals surface area contributed by atoms with Gasteiger partial charge in [-0.25, -0.2) is 26.4 Å². The van der Waals surface area contributed by atoms with Crippen molar-refractivity contribution in [3.05, 3.63) is 192 Å². The van der Waals surface area contributed by atoms with Crippen molar-refractivity contribution in [2.75, 3.05) is 65.3 Å². The van der Waals surface area contributed by atoms with E-state index in [4.69, 9.17) is 56.7 Å². The van der Waals surface area contributed by atoms with Crippen molar-refractivity contribution < 1.29 is 102 Å². The normalized spacial score (nSPS) is 20.4. The van der Waals surface area contributed by atoms with Gasteiger partial charge in [0.25, 0.3) is 0 Å². The minimum atomic E-state index is -4.41. The Kier molecular flexibility index (Phi) is 28.3. The number of ether oxygens (including phenoxy) is 8. The summed E-state index contributed by atoms with van der Waals surface area (Å²) in [4.78, 5) is 44.1. The Morgan fingerprint density at radius 1 is 0.500 bits per heavy atom. The highest BCUT2D eigenvalue weighted by molar-refractivity contribution is 7.89. The molecule has 26 nitrogen and oxygen atoms in total. The van der Waals surface area contributed by atoms with E-state index in [1.807, 2.05) is 149 Å². The van der Waals surface area contributed by atoms with E-state index >= 15 is 0 Å². The van der Waals surface area contributed by atoms with Crippen molar-refractivity contribution in [2.45, 2.75) is 125 Å². The average Bonchev–Trinajstić information content (AvgIpc) is 1.01. The lowest BCUT2D eigenvalue weighted by atomic mass is 10.0. The fourth-order valence-corrected chi connectivity index (χ4v) is 16.5. The number of hydrogen-bond acceptors (Lipinski definition) is 20. The van der Waals surface area contributed by atoms with E-state index in [-0.39, 0.29) is 110 Å². The number of hydrogen-bond donors (Lipinski definition) is 6. The summed E-state index contributed by atoms with van der Waals surface area (Å²) < 4.78 is 139. The lowest BCUT2D eigenvalue weighted by Gasteiger charge is -2.31. The van der Waals surface area contributed by atoms with Crippen LogP contribution in [-0.4, -0.2) is 172 Å². The van der Waals surface area contributed by atoms with Crippen molar-refractivity contribution in [1.82, 2.24) is 19.2 Å². The molecule has 4 fully saturated rings. The van der Waals surface area contributed by atoms with Crippen LogP contribution in [0.1, 0.15) is 62.8 Å². The van der Waals surface area contributed by atoms with Gasteiger partial charge in [0.15, 0.2) is 25.3 Å². The maximum absolute atomic E-state index is 14.2. The summed E-state index contributed by atoms with van der Waals surface area (Å²) in [5, 5.41) is 28.6. The van der Waals surface area contributed by atoms with Crippen LogP contribution in [0.4, 0.5) is 9.59 Å². The van der Waals surface area contributed by atoms with Gasteiger partial charge in [0.1, 0.15) is 23.7 Å². The van der Waals surface area contributed by atoms with Crippen LogP contribution in [0.15, 0.2) is 180 Å². The Labute approximate surface area is 584 Å². The van der Waals surface area contributed by atoms with Crippen LogP contribution in [0.25, 0.3) is 0 Å². The summed E-state index contributed by atoms with van der Waals surface area (Å²) >= 11 is 0. The number of carbonyl (C=O) groups excluding carboxylic acids is 2. The SMILES string of the molecule is CC(C)CN(C[C@@H](O)[C@H](Cc1ccccc1)NC(=O)O[C@H]1CO[C@H]2OCC[C@H]21)S(=O)(=O)c1ccc(OCP(=O)(O)O)cc1.CC(C)CN(C[C@@H](O)[C@H](Cc1ccccc1)NC(=O)O[C@H]1CO[C@H]2OCC[C@H]21)S(=O)(=O)c1ccc(OCP(=O)(OCc2ccccc2)OCc2ccccc2)cc1. The van der Waals surface area contributed by atoms with Gasteiger partial charge in [0.05, 0.1) is 85.6 Å². The monoisotopic (exact) mass is 1460 g/mol. The zero-order valence-electron chi connectivity index (χ0n) is 56.2. The molecule has 4 aliphatic heterocycles. The fraction of sp³-hybridized carbons (Fsp3) is 0.457. The molecule has 6 aromatic rings. The molecule has 0 saturated carbocycles. The van der Waals surface area contributed by atoms with Crippen molar-refractivity contribution in [3.8, 4) is 11.5 Å². The van der Waals surface area contributed by atoms with Gasteiger partial charge < -0.3 is 77.6 Å². The molecule has 30 heteroatoms. The predicted octanol–water partition coefficient (Wildman–Crippen LogP) is 9.06. The smallest absolute Gasteiger partial charge is 0.407 e. The number of sulfonamides is 2. The third kappa shape index (κ3) is 23.2. The highest BCUT2D eigenvalue weighted by Crippen LogP contribution is 2.50. The molecule has 10 rings (SSSR count). The third-order valence-electron chi connectivity index (χ3n) is 16.8. The van der Waals surface area contributed by atoms with Gasteiger partial charge in [-0.3, -0.25) is 9.13 Å². The molecule has 0 aromatic heterocycles. The largest absolute Gasteiger partial charge is 0.481 e. The molecule has 4 saturated heterocycles. The fourth-order valence-electron chi connectivity index (χ4n) is 11.7. The minimum Gasteiger partial charge on any atom is -0.481 e. The van der Waals surface area contributed by atoms with E-state index in [1.54, 1.807) is 0 Å². The molecule has 0 unspecified atom stereocenters. The van der Waals surface area contributed by atoms with Crippen LogP contribution >= 0.6 is 15.2 Å². The first-order chi connectivity index (χ1) is 47.8. The predicted molar refractivity (Wildman–Crippen MR) is 367 cm³/mol. The maximum Gasteiger partial charge on any atom is 0.407 e. The molecule has 0 bridgehead atoms. The van der Waals surface area contributed by atoms with E-state index in [2.05, 4.69) is 10.6 Å². The first-order valence-corrected chi connectivity index (χ1v) is 39.5. The summed E-state index contributed by atoms with van der Waals surface area (Å²) in [6, 6.07) is 46.2. The number of aliphatic hydroxyl groups is 2. The summed E-state index contributed by atoms with van der Waals surface area (Å²) in [7, 11) is -16.5. The standard InChI is InChI=1S/C42H51N2O11PS.C28H39N2O11PS/c1-31(2)25-44(26-39(45)38(24-32-12-6-3-7-13-32)43-42(46)55-40-29-51-41-37(40)22-23-50-41)57(48,49)36-20-18-35(19-21-36)52-30-56(47,53-27-33-14-8-4-9-15-33)54-28-34-16-10-5-11-17-34;1-19(2)15-30(43(36,37)22-10-8-21(9-11-22)40-18-42(33,34)35)16-25(31)24(14-20-6-4-3-5-7-20)29-28(32)41-26-17-39-27-23(26)12-13-38-27/h3-21,31,37-41,45H,22-30H2,1-2H3,(H,43,46);3-11,19,23-27,31H,12-18H2,1-2H3,(H,29,32)(H2,33,34,35)/t37-,38-,39+,40-,41+;23-,24-,25+,26-,27+/m00/s1. The number of aliphatic hydroxyl groups excluding tert-OH is 2. The third-order valence-corrected chi connectivity index (χ3v) is 22.4. The lowest BCUT2D eigenvalue weighted by Crippen LogP contribution is -2.51. The summed E-state index contributed by atoms with van der Waals surface area (Å²) in [6.07, 6.45) is -5.27. The van der Waals surface area contributed by atoms with E-state index < -0.39 is 109 Å². The molecule has 6 aromatic carbocycles. The second kappa shape index (κ2) is 36.5. The number of nitrogens with one attached hydrogen (secondary N) is 2. The number of fused-ring (bicyclic) bond motifs is 2. The first kappa shape index (κ1) is 77.5. The molecule has 544 valence electrons. The van der Waals surface area contributed by atoms with Crippen molar-refractivity contribution >= 4 is 47.4 Å². The van der Waals surface area contributed by atoms with Crippen LogP contribution in [0.3, 0.4) is 0 Å². The van der Waals surface area contributed by atoms with Crippen LogP contribution in [0.5, 0.6) is 11.5 Å². The van der Waals surface area contributed by atoms with E-state index in [1.165, 1.54) is 52.8 Å². The molecule has 10 atom stereocenters. The van der Waals surface area contributed by atoms with Gasteiger partial charge in [-0.15, -0.1) is 0 Å². The quantitative estimate of drug-likeness (QED) is 0.0205. The Morgan fingerprint density at radius 3 is 1.20 bits per heavy atom. The second-order valence-corrected chi connectivity index (χ2v) is 33.1. The molecule has 100 heavy (non-hydrogen) atoms. The van der Waals surface area contributed by atoms with Crippen LogP contribution in [-0.2, 0) is 92.7 Å². The minimum absolute atomic E-state index is 0.0342. The zero-order valence-corrected chi connectivity index (χ0v) is 59.6. The first-order valence-electron chi connectivity index (χ1n) is 33.1. The van der Waals surface area contributed by atoms with Crippen LogP contribution in [0, 0.1) is 23.7 Å². The molecular weight excluding hydrogens is 1370 g/mol. The second-order valence-electron chi connectivity index (χ2n) is 25.7. The Bertz CT molecular complexity index is 3810. The Balaban J connectivity index is 0.000000243. The number of amides is 2. The summed E-state index contributed by atoms with van der Waals surface area (Å²) in [5.74, 6) is 0.0226. The topological polar surface area (TPSA) is 340 Å². The van der Waals surface area contributed by atoms with Gasteiger partial charge in [0.2, 0.25) is 20.0 Å². The molecule has 0 aliphatic carbocycles. The van der Waals surface area contributed by atoms with Gasteiger partial charge in [-0.05, 0) is 108 Å². The van der Waals surface area contributed by atoms with Crippen molar-refractivity contribution in [3.63, 3.8) is 0 Å². The Morgan fingerprint density at radius 2 is 0.850 bits per heavy atom. The number of nitrogens with zero attached hydrogens (tertiary/aromatic N) is 2. The molecule has 6 N–H and O–H groups in total. The molecular formula is C70H90N4O22P2S2.